The quantitative estimate of drug-likeness (QED) is 0.500. The topological polar surface area (TPSA) is 69.9 Å². The summed E-state index contributed by atoms with van der Waals surface area (Å²) in [4.78, 5) is 31.6. The van der Waals surface area contributed by atoms with Crippen molar-refractivity contribution in [3.05, 3.63) is 95.6 Å². The lowest BCUT2D eigenvalue weighted by molar-refractivity contribution is -0.136. The Balaban J connectivity index is 1.99. The molecular weight excluding hydrogens is 460 g/mol. The lowest BCUT2D eigenvalue weighted by atomic mass is 9.95. The zero-order valence-electron chi connectivity index (χ0n) is 18.5. The van der Waals surface area contributed by atoms with Gasteiger partial charge in [0.05, 0.1) is 35.6 Å². The van der Waals surface area contributed by atoms with Crippen LogP contribution in [-0.4, -0.2) is 24.3 Å². The Hall–Kier alpha value is -3.16. The third kappa shape index (κ3) is 4.38. The van der Waals surface area contributed by atoms with Crippen molar-refractivity contribution in [2.24, 2.45) is 4.99 Å². The Morgan fingerprint density at radius 3 is 2.64 bits per heavy atom. The van der Waals surface area contributed by atoms with Crippen LogP contribution in [0.2, 0.25) is 5.02 Å². The van der Waals surface area contributed by atoms with Gasteiger partial charge in [-0.25, -0.2) is 9.79 Å². The largest absolute Gasteiger partial charge is 0.493 e. The van der Waals surface area contributed by atoms with Gasteiger partial charge in [0.15, 0.2) is 4.80 Å². The average molecular weight is 483 g/mol. The summed E-state index contributed by atoms with van der Waals surface area (Å²) >= 11 is 7.47. The zero-order valence-corrected chi connectivity index (χ0v) is 20.1. The van der Waals surface area contributed by atoms with Gasteiger partial charge in [0.2, 0.25) is 0 Å². The SMILES string of the molecule is CCOc1ccc(Cl)cc1/C=c1/sc2n(c1=O)[C@H](c1ccccc1)C(C(=O)OC)=C(CC)N=2. The Labute approximate surface area is 200 Å². The van der Waals surface area contributed by atoms with Crippen LogP contribution in [0.4, 0.5) is 0 Å². The van der Waals surface area contributed by atoms with Crippen LogP contribution in [0.1, 0.15) is 37.4 Å². The number of carbonyl (C=O) groups is 1. The molecule has 0 saturated carbocycles. The van der Waals surface area contributed by atoms with E-state index in [1.807, 2.05) is 44.2 Å². The van der Waals surface area contributed by atoms with Crippen LogP contribution in [-0.2, 0) is 9.53 Å². The third-order valence-corrected chi connectivity index (χ3v) is 6.54. The van der Waals surface area contributed by atoms with Crippen molar-refractivity contribution in [3.63, 3.8) is 0 Å². The molecule has 1 atom stereocenters. The van der Waals surface area contributed by atoms with Crippen LogP contribution in [0.3, 0.4) is 0 Å². The highest BCUT2D eigenvalue weighted by Gasteiger charge is 2.33. The highest BCUT2D eigenvalue weighted by atomic mass is 35.5. The molecule has 0 N–H and O–H groups in total. The first-order valence-electron chi connectivity index (χ1n) is 10.6. The van der Waals surface area contributed by atoms with E-state index in [1.54, 1.807) is 28.8 Å². The number of benzene rings is 2. The first-order chi connectivity index (χ1) is 16.0. The minimum atomic E-state index is -0.627. The van der Waals surface area contributed by atoms with Crippen LogP contribution in [0.15, 0.2) is 69.6 Å². The lowest BCUT2D eigenvalue weighted by Crippen LogP contribution is -2.40. The highest BCUT2D eigenvalue weighted by Crippen LogP contribution is 2.31. The van der Waals surface area contributed by atoms with Crippen molar-refractivity contribution in [1.82, 2.24) is 4.57 Å². The van der Waals surface area contributed by atoms with Gasteiger partial charge in [-0.2, -0.15) is 0 Å². The molecule has 0 saturated heterocycles. The summed E-state index contributed by atoms with van der Waals surface area (Å²) in [6, 6.07) is 14.1. The van der Waals surface area contributed by atoms with Gasteiger partial charge in [-0.3, -0.25) is 9.36 Å². The Morgan fingerprint density at radius 1 is 1.21 bits per heavy atom. The molecule has 1 aliphatic heterocycles. The van der Waals surface area contributed by atoms with E-state index >= 15 is 0 Å². The molecule has 6 nitrogen and oxygen atoms in total. The summed E-state index contributed by atoms with van der Waals surface area (Å²) in [7, 11) is 1.34. The molecule has 4 rings (SSSR count). The van der Waals surface area contributed by atoms with Gasteiger partial charge in [-0.05, 0) is 43.2 Å². The van der Waals surface area contributed by atoms with Crippen molar-refractivity contribution >= 4 is 35.0 Å². The maximum atomic E-state index is 13.6. The second-order valence-corrected chi connectivity index (χ2v) is 8.76. The maximum Gasteiger partial charge on any atom is 0.338 e. The molecule has 1 aliphatic rings. The van der Waals surface area contributed by atoms with E-state index in [0.717, 1.165) is 5.56 Å². The molecular formula is C25H23ClN2O4S. The Morgan fingerprint density at radius 2 is 1.97 bits per heavy atom. The molecule has 1 aromatic heterocycles. The fraction of sp³-hybridized carbons (Fsp3) is 0.240. The van der Waals surface area contributed by atoms with Gasteiger partial charge in [0.25, 0.3) is 5.56 Å². The maximum absolute atomic E-state index is 13.6. The van der Waals surface area contributed by atoms with E-state index in [0.29, 0.717) is 50.0 Å². The minimum absolute atomic E-state index is 0.244. The molecule has 0 bridgehead atoms. The molecule has 0 fully saturated rings. The van der Waals surface area contributed by atoms with Crippen LogP contribution in [0.25, 0.3) is 6.08 Å². The van der Waals surface area contributed by atoms with Crippen molar-refractivity contribution in [2.75, 3.05) is 13.7 Å². The number of aromatic nitrogens is 1. The summed E-state index contributed by atoms with van der Waals surface area (Å²) < 4.78 is 12.8. The lowest BCUT2D eigenvalue weighted by Gasteiger charge is -2.25. The number of carbonyl (C=O) groups excluding carboxylic acids is 1. The number of methoxy groups -OCH3 is 1. The fourth-order valence-electron chi connectivity index (χ4n) is 3.88. The first-order valence-corrected chi connectivity index (χ1v) is 11.8. The zero-order chi connectivity index (χ0) is 23.5. The molecule has 170 valence electrons. The number of hydrogen-bond acceptors (Lipinski definition) is 6. The summed E-state index contributed by atoms with van der Waals surface area (Å²) in [5, 5.41) is 0.542. The van der Waals surface area contributed by atoms with E-state index < -0.39 is 12.0 Å². The monoisotopic (exact) mass is 482 g/mol. The molecule has 3 aromatic rings. The predicted octanol–water partition coefficient (Wildman–Crippen LogP) is 3.85. The highest BCUT2D eigenvalue weighted by molar-refractivity contribution is 7.07. The van der Waals surface area contributed by atoms with Gasteiger partial charge in [-0.1, -0.05) is 60.2 Å². The normalized spacial score (nSPS) is 15.8. The molecule has 2 aromatic carbocycles. The molecule has 2 heterocycles. The van der Waals surface area contributed by atoms with Crippen molar-refractivity contribution in [1.29, 1.82) is 0 Å². The molecule has 8 heteroatoms. The van der Waals surface area contributed by atoms with Crippen LogP contribution in [0, 0.1) is 0 Å². The number of allylic oxidation sites excluding steroid dienone is 1. The molecule has 0 radical (unpaired) electrons. The average Bonchev–Trinajstić information content (AvgIpc) is 3.14. The Bertz CT molecular complexity index is 1410. The standard InChI is InChI=1S/C25H23ClN2O4S/c1-4-18-21(24(30)31-3)22(15-9-7-6-8-10-15)28-23(29)20(33-25(28)27-18)14-16-13-17(26)11-12-19(16)32-5-2/h6-14,22H,4-5H2,1-3H3/b20-14+/t22-/m1/s1. The molecule has 0 aliphatic carbocycles. The second-order valence-electron chi connectivity index (χ2n) is 7.31. The number of rotatable bonds is 6. The minimum Gasteiger partial charge on any atom is -0.493 e. The van der Waals surface area contributed by atoms with E-state index in [1.165, 1.54) is 18.4 Å². The summed E-state index contributed by atoms with van der Waals surface area (Å²) in [5.41, 5.74) is 2.26. The molecule has 0 amide bonds. The fourth-order valence-corrected chi connectivity index (χ4v) is 5.07. The van der Waals surface area contributed by atoms with Gasteiger partial charge in [-0.15, -0.1) is 0 Å². The van der Waals surface area contributed by atoms with Crippen LogP contribution >= 0.6 is 22.9 Å². The van der Waals surface area contributed by atoms with Gasteiger partial charge in [0.1, 0.15) is 5.75 Å². The second kappa shape index (κ2) is 9.77. The van der Waals surface area contributed by atoms with E-state index in [9.17, 15) is 9.59 Å². The van der Waals surface area contributed by atoms with Crippen LogP contribution < -0.4 is 19.6 Å². The van der Waals surface area contributed by atoms with E-state index in [-0.39, 0.29) is 5.56 Å². The van der Waals surface area contributed by atoms with Crippen molar-refractivity contribution in [2.45, 2.75) is 26.3 Å². The number of hydrogen-bond donors (Lipinski definition) is 0. The number of nitrogens with zero attached hydrogens (tertiary/aromatic N) is 2. The number of thiazole rings is 1. The predicted molar refractivity (Wildman–Crippen MR) is 129 cm³/mol. The summed E-state index contributed by atoms with van der Waals surface area (Å²) in [6.45, 7) is 4.31. The molecule has 33 heavy (non-hydrogen) atoms. The van der Waals surface area contributed by atoms with Crippen molar-refractivity contribution in [3.8, 4) is 5.75 Å². The van der Waals surface area contributed by atoms with E-state index in [4.69, 9.17) is 21.1 Å². The number of esters is 1. The smallest absolute Gasteiger partial charge is 0.338 e. The van der Waals surface area contributed by atoms with Gasteiger partial charge in [0, 0.05) is 10.6 Å². The molecule has 0 unspecified atom stereocenters. The van der Waals surface area contributed by atoms with Crippen LogP contribution in [0.5, 0.6) is 5.75 Å². The number of ether oxygens (including phenoxy) is 2. The molecule has 0 spiro atoms. The van der Waals surface area contributed by atoms with Crippen molar-refractivity contribution < 1.29 is 14.3 Å². The summed E-state index contributed by atoms with van der Waals surface area (Å²) in [5.74, 6) is 0.143. The summed E-state index contributed by atoms with van der Waals surface area (Å²) in [6.07, 6.45) is 2.29. The number of halogens is 1. The van der Waals surface area contributed by atoms with E-state index in [2.05, 4.69) is 4.99 Å². The van der Waals surface area contributed by atoms with Gasteiger partial charge < -0.3 is 9.47 Å². The third-order valence-electron chi connectivity index (χ3n) is 5.32. The Kier molecular flexibility index (Phi) is 6.81. The first kappa shape index (κ1) is 23.0. The number of fused-ring (bicyclic) bond motifs is 1. The van der Waals surface area contributed by atoms with Gasteiger partial charge >= 0.3 is 5.97 Å².